The summed E-state index contributed by atoms with van der Waals surface area (Å²) in [4.78, 5) is 16.7. The van der Waals surface area contributed by atoms with Crippen LogP contribution in [0.2, 0.25) is 0 Å². The van der Waals surface area contributed by atoms with Crippen LogP contribution in [-0.4, -0.2) is 32.3 Å². The van der Waals surface area contributed by atoms with E-state index in [0.717, 1.165) is 24.3 Å². The molecule has 0 bridgehead atoms. The van der Waals surface area contributed by atoms with Crippen molar-refractivity contribution in [3.8, 4) is 5.75 Å². The largest absolute Gasteiger partial charge is 0.497 e. The zero-order chi connectivity index (χ0) is 10.7. The second kappa shape index (κ2) is 4.13. The lowest BCUT2D eigenvalue weighted by atomic mass is 10.2. The van der Waals surface area contributed by atoms with Gasteiger partial charge in [0.1, 0.15) is 5.75 Å². The molecule has 4 nitrogen and oxygen atoms in total. The molecule has 1 aliphatic heterocycles. The molecule has 0 fully saturated rings. The normalized spacial score (nSPS) is 15.0. The van der Waals surface area contributed by atoms with Gasteiger partial charge in [0.15, 0.2) is 12.1 Å². The average molecular weight is 204 g/mol. The van der Waals surface area contributed by atoms with Crippen molar-refractivity contribution in [1.29, 1.82) is 0 Å². The van der Waals surface area contributed by atoms with Crippen molar-refractivity contribution in [2.75, 3.05) is 25.1 Å². The fraction of sp³-hybridized carbons (Fsp3) is 0.273. The van der Waals surface area contributed by atoms with E-state index in [1.165, 1.54) is 0 Å². The van der Waals surface area contributed by atoms with Gasteiger partial charge in [0.25, 0.3) is 0 Å². The van der Waals surface area contributed by atoms with Gasteiger partial charge in [-0.05, 0) is 24.3 Å². The molecule has 1 aromatic rings. The minimum atomic E-state index is 0.500. The second-order valence-electron chi connectivity index (χ2n) is 3.21. The van der Waals surface area contributed by atoms with Crippen LogP contribution in [0.3, 0.4) is 0 Å². The van der Waals surface area contributed by atoms with E-state index < -0.39 is 0 Å². The summed E-state index contributed by atoms with van der Waals surface area (Å²) in [6, 6.07) is 7.58. The molecule has 0 aliphatic carbocycles. The third kappa shape index (κ3) is 1.83. The lowest BCUT2D eigenvalue weighted by molar-refractivity contribution is -0.102. The van der Waals surface area contributed by atoms with Crippen molar-refractivity contribution in [2.24, 2.45) is 4.99 Å². The fourth-order valence-electron chi connectivity index (χ4n) is 1.59. The maximum atomic E-state index is 10.7. The summed E-state index contributed by atoms with van der Waals surface area (Å²) in [5, 5.41) is 0. The van der Waals surface area contributed by atoms with Gasteiger partial charge in [-0.1, -0.05) is 0 Å². The molecular formula is C11H12N2O2. The molecule has 0 saturated heterocycles. The van der Waals surface area contributed by atoms with Crippen molar-refractivity contribution in [3.63, 3.8) is 0 Å². The Balaban J connectivity index is 2.22. The highest BCUT2D eigenvalue weighted by molar-refractivity contribution is 6.34. The van der Waals surface area contributed by atoms with Crippen LogP contribution in [0, 0.1) is 0 Å². The van der Waals surface area contributed by atoms with Crippen LogP contribution in [0.25, 0.3) is 0 Å². The molecule has 78 valence electrons. The molecular weight excluding hydrogens is 192 g/mol. The predicted octanol–water partition coefficient (Wildman–Crippen LogP) is 1.11. The van der Waals surface area contributed by atoms with Crippen LogP contribution >= 0.6 is 0 Å². The summed E-state index contributed by atoms with van der Waals surface area (Å²) in [7, 11) is 1.63. The average Bonchev–Trinajstić information content (AvgIpc) is 2.77. The Morgan fingerprint density at radius 1 is 1.40 bits per heavy atom. The third-order valence-corrected chi connectivity index (χ3v) is 2.36. The number of ether oxygens (including phenoxy) is 1. The molecule has 1 heterocycles. The van der Waals surface area contributed by atoms with Gasteiger partial charge in [-0.2, -0.15) is 0 Å². The number of rotatable bonds is 3. The Morgan fingerprint density at radius 3 is 2.73 bits per heavy atom. The molecule has 0 spiro atoms. The standard InChI is InChI=1S/C11H12N2O2/c1-15-10-4-2-9(3-5-10)13-7-6-12-11(13)8-14/h2-5,8H,6-7H2,1H3. The van der Waals surface area contributed by atoms with Crippen LogP contribution in [0.5, 0.6) is 5.75 Å². The number of amidine groups is 1. The fourth-order valence-corrected chi connectivity index (χ4v) is 1.59. The smallest absolute Gasteiger partial charge is 0.185 e. The Labute approximate surface area is 88.2 Å². The zero-order valence-electron chi connectivity index (χ0n) is 8.51. The second-order valence-corrected chi connectivity index (χ2v) is 3.21. The molecule has 2 rings (SSSR count). The van der Waals surface area contributed by atoms with E-state index in [1.54, 1.807) is 7.11 Å². The molecule has 4 heteroatoms. The molecule has 0 aromatic heterocycles. The number of methoxy groups -OCH3 is 1. The molecule has 15 heavy (non-hydrogen) atoms. The van der Waals surface area contributed by atoms with Crippen molar-refractivity contribution in [2.45, 2.75) is 0 Å². The Bertz CT molecular complexity index is 384. The van der Waals surface area contributed by atoms with Gasteiger partial charge in [0, 0.05) is 12.2 Å². The van der Waals surface area contributed by atoms with E-state index in [4.69, 9.17) is 4.74 Å². The predicted molar refractivity (Wildman–Crippen MR) is 58.7 cm³/mol. The van der Waals surface area contributed by atoms with E-state index in [-0.39, 0.29) is 0 Å². The molecule has 0 atom stereocenters. The summed E-state index contributed by atoms with van der Waals surface area (Å²) in [6.07, 6.45) is 0.789. The summed E-state index contributed by atoms with van der Waals surface area (Å²) in [6.45, 7) is 1.44. The number of aliphatic imine (C=N–C) groups is 1. The van der Waals surface area contributed by atoms with E-state index in [2.05, 4.69) is 4.99 Å². The van der Waals surface area contributed by atoms with Gasteiger partial charge < -0.3 is 9.64 Å². The van der Waals surface area contributed by atoms with Crippen molar-refractivity contribution in [1.82, 2.24) is 0 Å². The summed E-state index contributed by atoms with van der Waals surface area (Å²) < 4.78 is 5.07. The molecule has 1 aliphatic rings. The minimum Gasteiger partial charge on any atom is -0.497 e. The van der Waals surface area contributed by atoms with E-state index >= 15 is 0 Å². The van der Waals surface area contributed by atoms with Gasteiger partial charge >= 0.3 is 0 Å². The Hall–Kier alpha value is -1.84. The van der Waals surface area contributed by atoms with Crippen LogP contribution in [0.4, 0.5) is 5.69 Å². The van der Waals surface area contributed by atoms with E-state index in [9.17, 15) is 4.79 Å². The molecule has 0 amide bonds. The molecule has 0 radical (unpaired) electrons. The Kier molecular flexibility index (Phi) is 2.67. The first kappa shape index (κ1) is 9.71. The lowest BCUT2D eigenvalue weighted by Gasteiger charge is -2.17. The molecule has 0 saturated carbocycles. The highest BCUT2D eigenvalue weighted by Gasteiger charge is 2.17. The van der Waals surface area contributed by atoms with Crippen LogP contribution in [0.1, 0.15) is 0 Å². The van der Waals surface area contributed by atoms with Gasteiger partial charge in [0.2, 0.25) is 0 Å². The number of carbonyl (C=O) groups is 1. The first-order valence-electron chi connectivity index (χ1n) is 4.76. The van der Waals surface area contributed by atoms with E-state index in [1.807, 2.05) is 29.2 Å². The topological polar surface area (TPSA) is 41.9 Å². The number of carbonyl (C=O) groups excluding carboxylic acids is 1. The third-order valence-electron chi connectivity index (χ3n) is 2.36. The van der Waals surface area contributed by atoms with Crippen LogP contribution in [0.15, 0.2) is 29.3 Å². The van der Waals surface area contributed by atoms with E-state index in [0.29, 0.717) is 12.4 Å². The van der Waals surface area contributed by atoms with Crippen LogP contribution < -0.4 is 9.64 Å². The van der Waals surface area contributed by atoms with Gasteiger partial charge in [-0.3, -0.25) is 9.79 Å². The maximum absolute atomic E-state index is 10.7. The minimum absolute atomic E-state index is 0.500. The van der Waals surface area contributed by atoms with Gasteiger partial charge in [-0.25, -0.2) is 0 Å². The lowest BCUT2D eigenvalue weighted by Crippen LogP contribution is -2.28. The highest BCUT2D eigenvalue weighted by Crippen LogP contribution is 2.20. The van der Waals surface area contributed by atoms with Crippen molar-refractivity contribution in [3.05, 3.63) is 24.3 Å². The van der Waals surface area contributed by atoms with Crippen molar-refractivity contribution >= 4 is 17.8 Å². The first-order valence-corrected chi connectivity index (χ1v) is 4.76. The quantitative estimate of drug-likeness (QED) is 0.693. The monoisotopic (exact) mass is 204 g/mol. The maximum Gasteiger partial charge on any atom is 0.185 e. The number of nitrogens with zero attached hydrogens (tertiary/aromatic N) is 2. The van der Waals surface area contributed by atoms with Gasteiger partial charge in [0.05, 0.1) is 13.7 Å². The number of anilines is 1. The van der Waals surface area contributed by atoms with Crippen molar-refractivity contribution < 1.29 is 9.53 Å². The Morgan fingerprint density at radius 2 is 2.13 bits per heavy atom. The van der Waals surface area contributed by atoms with Gasteiger partial charge in [-0.15, -0.1) is 0 Å². The number of hydrogen-bond donors (Lipinski definition) is 0. The zero-order valence-corrected chi connectivity index (χ0v) is 8.51. The molecule has 1 aromatic carbocycles. The molecule has 0 N–H and O–H groups in total. The first-order chi connectivity index (χ1) is 7.35. The number of hydrogen-bond acceptors (Lipinski definition) is 4. The summed E-state index contributed by atoms with van der Waals surface area (Å²) in [5.74, 6) is 1.31. The summed E-state index contributed by atoms with van der Waals surface area (Å²) >= 11 is 0. The summed E-state index contributed by atoms with van der Waals surface area (Å²) in [5.41, 5.74) is 0.971. The molecule has 0 unspecified atom stereocenters. The number of benzene rings is 1. The SMILES string of the molecule is COc1ccc(N2CCN=C2C=O)cc1. The highest BCUT2D eigenvalue weighted by atomic mass is 16.5. The van der Waals surface area contributed by atoms with Crippen LogP contribution in [-0.2, 0) is 4.79 Å². The number of aldehydes is 1.